The van der Waals surface area contributed by atoms with Crippen molar-refractivity contribution in [2.45, 2.75) is 76.7 Å². The van der Waals surface area contributed by atoms with Gasteiger partial charge < -0.3 is 4.90 Å². The van der Waals surface area contributed by atoms with Gasteiger partial charge in [0.2, 0.25) is 5.91 Å². The fourth-order valence-electron chi connectivity index (χ4n) is 7.23. The van der Waals surface area contributed by atoms with E-state index in [9.17, 15) is 19.2 Å². The van der Waals surface area contributed by atoms with Gasteiger partial charge in [-0.1, -0.05) is 6.08 Å². The summed E-state index contributed by atoms with van der Waals surface area (Å²) in [6.45, 7) is 2.04. The van der Waals surface area contributed by atoms with Gasteiger partial charge in [-0.25, -0.2) is 14.6 Å². The molecule has 5 aliphatic carbocycles. The van der Waals surface area contributed by atoms with Crippen LogP contribution in [0.4, 0.5) is 4.79 Å². The molecule has 1 saturated heterocycles. The minimum absolute atomic E-state index is 0.285. The minimum Gasteiger partial charge on any atom is -0.315 e. The molecule has 6 rings (SSSR count). The van der Waals surface area contributed by atoms with E-state index in [0.717, 1.165) is 55.5 Å². The van der Waals surface area contributed by atoms with Crippen LogP contribution in [0.5, 0.6) is 0 Å². The molecule has 6 aliphatic rings. The van der Waals surface area contributed by atoms with Crippen LogP contribution in [0.2, 0.25) is 0 Å². The van der Waals surface area contributed by atoms with E-state index < -0.39 is 23.4 Å². The molecule has 4 saturated carbocycles. The minimum atomic E-state index is -0.835. The third kappa shape index (κ3) is 3.00. The lowest BCUT2D eigenvalue weighted by atomic mass is 9.52. The fourth-order valence-corrected chi connectivity index (χ4v) is 7.23. The maximum Gasteiger partial charge on any atom is 0.335 e. The first kappa shape index (κ1) is 19.8. The zero-order valence-corrected chi connectivity index (χ0v) is 17.8. The molecule has 0 aromatic carbocycles. The average molecular weight is 414 g/mol. The van der Waals surface area contributed by atoms with Crippen molar-refractivity contribution in [3.05, 3.63) is 11.8 Å². The Bertz CT molecular complexity index is 797. The molecule has 7 nitrogen and oxygen atoms in total. The van der Waals surface area contributed by atoms with Crippen molar-refractivity contribution in [3.8, 4) is 0 Å². The lowest BCUT2D eigenvalue weighted by Crippen LogP contribution is -2.62. The number of urea groups is 1. The van der Waals surface area contributed by atoms with Gasteiger partial charge in [0.15, 0.2) is 0 Å². The molecule has 4 bridgehead atoms. The maximum absolute atomic E-state index is 13.3. The lowest BCUT2D eigenvalue weighted by molar-refractivity contribution is -0.150. The van der Waals surface area contributed by atoms with Crippen LogP contribution in [0.15, 0.2) is 11.8 Å². The molecule has 1 heterocycles. The predicted molar refractivity (Wildman–Crippen MR) is 109 cm³/mol. The number of hydrogen-bond donors (Lipinski definition) is 0. The first-order valence-corrected chi connectivity index (χ1v) is 11.6. The number of amides is 5. The zero-order chi connectivity index (χ0) is 21.0. The standard InChI is InChI=1S/C23H31N3O4/c1-2-24(18-6-4-3-5-7-18)19(27)14-25-20(28)21(29)26(22(25)30)23-11-15-8-16(12-23)10-17(9-15)13-23/h6,15-17H,2-5,7-14H2,1H3. The number of carbonyl (C=O) groups excluding carboxylic acids is 4. The summed E-state index contributed by atoms with van der Waals surface area (Å²) >= 11 is 0. The molecule has 7 heteroatoms. The van der Waals surface area contributed by atoms with E-state index in [1.165, 1.54) is 24.2 Å². The van der Waals surface area contributed by atoms with Gasteiger partial charge in [0.1, 0.15) is 6.54 Å². The van der Waals surface area contributed by atoms with E-state index in [4.69, 9.17) is 0 Å². The Kier molecular flexibility index (Phi) is 4.75. The Hall–Kier alpha value is -2.18. The van der Waals surface area contributed by atoms with Crippen molar-refractivity contribution in [1.29, 1.82) is 0 Å². The summed E-state index contributed by atoms with van der Waals surface area (Å²) in [5, 5.41) is 0. The molecule has 0 unspecified atom stereocenters. The number of allylic oxidation sites excluding steroid dienone is 2. The van der Waals surface area contributed by atoms with Crippen molar-refractivity contribution >= 4 is 23.8 Å². The molecule has 1 aliphatic heterocycles. The largest absolute Gasteiger partial charge is 0.335 e. The van der Waals surface area contributed by atoms with E-state index >= 15 is 0 Å². The molecular weight excluding hydrogens is 382 g/mol. The van der Waals surface area contributed by atoms with Gasteiger partial charge in [-0.2, -0.15) is 0 Å². The van der Waals surface area contributed by atoms with Crippen molar-refractivity contribution in [2.75, 3.05) is 13.1 Å². The highest BCUT2D eigenvalue weighted by atomic mass is 16.2. The average Bonchev–Trinajstić information content (AvgIpc) is 2.92. The van der Waals surface area contributed by atoms with E-state index in [2.05, 4.69) is 6.08 Å². The molecule has 0 aromatic heterocycles. The molecule has 5 fully saturated rings. The highest BCUT2D eigenvalue weighted by molar-refractivity contribution is 6.45. The SMILES string of the molecule is CCN(C(=O)CN1C(=O)C(=O)N(C23CC4CC(CC(C4)C2)C3)C1=O)C1=CCCCC1. The number of likely N-dealkylation sites (N-methyl/N-ethyl adjacent to an activating group) is 1. The summed E-state index contributed by atoms with van der Waals surface area (Å²) in [7, 11) is 0. The molecule has 5 amide bonds. The summed E-state index contributed by atoms with van der Waals surface area (Å²) < 4.78 is 0. The van der Waals surface area contributed by atoms with Crippen LogP contribution in [0.1, 0.15) is 71.1 Å². The second-order valence-corrected chi connectivity index (χ2v) is 10.0. The van der Waals surface area contributed by atoms with Gasteiger partial charge in [-0.3, -0.25) is 14.4 Å². The molecule has 0 aromatic rings. The number of hydrogen-bond acceptors (Lipinski definition) is 4. The lowest BCUT2D eigenvalue weighted by Gasteiger charge is -2.58. The van der Waals surface area contributed by atoms with Gasteiger partial charge in [0, 0.05) is 12.2 Å². The number of imide groups is 2. The Labute approximate surface area is 177 Å². The van der Waals surface area contributed by atoms with Crippen LogP contribution in [-0.2, 0) is 14.4 Å². The van der Waals surface area contributed by atoms with Crippen molar-refractivity contribution < 1.29 is 19.2 Å². The van der Waals surface area contributed by atoms with E-state index in [-0.39, 0.29) is 12.5 Å². The molecule has 0 N–H and O–H groups in total. The van der Waals surface area contributed by atoms with Crippen LogP contribution < -0.4 is 0 Å². The van der Waals surface area contributed by atoms with Gasteiger partial charge in [0.05, 0.1) is 5.54 Å². The van der Waals surface area contributed by atoms with E-state index in [1.54, 1.807) is 4.90 Å². The Balaban J connectivity index is 1.35. The summed E-state index contributed by atoms with van der Waals surface area (Å²) in [5.74, 6) is -0.190. The summed E-state index contributed by atoms with van der Waals surface area (Å²) in [6, 6.07) is -0.575. The first-order chi connectivity index (χ1) is 14.4. The van der Waals surface area contributed by atoms with Crippen LogP contribution in [0, 0.1) is 17.8 Å². The second kappa shape index (κ2) is 7.20. The van der Waals surface area contributed by atoms with Crippen LogP contribution in [0.3, 0.4) is 0 Å². The second-order valence-electron chi connectivity index (χ2n) is 10.0. The van der Waals surface area contributed by atoms with Gasteiger partial charge in [-0.05, 0) is 88.9 Å². The van der Waals surface area contributed by atoms with Crippen molar-refractivity contribution in [3.63, 3.8) is 0 Å². The molecule has 162 valence electrons. The zero-order valence-electron chi connectivity index (χ0n) is 17.8. The maximum atomic E-state index is 13.3. The number of nitrogens with zero attached hydrogens (tertiary/aromatic N) is 3. The topological polar surface area (TPSA) is 78.0 Å². The smallest absolute Gasteiger partial charge is 0.315 e. The third-order valence-electron chi connectivity index (χ3n) is 8.06. The molecule has 0 atom stereocenters. The summed E-state index contributed by atoms with van der Waals surface area (Å²) in [4.78, 5) is 55.8. The van der Waals surface area contributed by atoms with Crippen molar-refractivity contribution in [2.24, 2.45) is 17.8 Å². The Morgan fingerprint density at radius 2 is 1.67 bits per heavy atom. The Morgan fingerprint density at radius 3 is 2.20 bits per heavy atom. The van der Waals surface area contributed by atoms with E-state index in [0.29, 0.717) is 24.3 Å². The fraction of sp³-hybridized carbons (Fsp3) is 0.739. The predicted octanol–water partition coefficient (Wildman–Crippen LogP) is 3.05. The van der Waals surface area contributed by atoms with Gasteiger partial charge in [0.25, 0.3) is 0 Å². The quantitative estimate of drug-likeness (QED) is 0.513. The molecule has 0 spiro atoms. The monoisotopic (exact) mass is 413 g/mol. The van der Waals surface area contributed by atoms with Crippen molar-refractivity contribution in [1.82, 2.24) is 14.7 Å². The van der Waals surface area contributed by atoms with Crippen LogP contribution >= 0.6 is 0 Å². The number of carbonyl (C=O) groups is 4. The van der Waals surface area contributed by atoms with E-state index in [1.807, 2.05) is 6.92 Å². The van der Waals surface area contributed by atoms with Gasteiger partial charge in [-0.15, -0.1) is 0 Å². The number of rotatable bonds is 5. The van der Waals surface area contributed by atoms with Crippen LogP contribution in [-0.4, -0.2) is 57.1 Å². The third-order valence-corrected chi connectivity index (χ3v) is 8.06. The Morgan fingerprint density at radius 1 is 1.03 bits per heavy atom. The molecule has 30 heavy (non-hydrogen) atoms. The summed E-state index contributed by atoms with van der Waals surface area (Å²) in [5.41, 5.74) is 0.462. The highest BCUT2D eigenvalue weighted by Gasteiger charge is 2.61. The normalized spacial score (nSPS) is 35.3. The highest BCUT2D eigenvalue weighted by Crippen LogP contribution is 2.58. The van der Waals surface area contributed by atoms with Crippen LogP contribution in [0.25, 0.3) is 0 Å². The first-order valence-electron chi connectivity index (χ1n) is 11.6. The summed E-state index contributed by atoms with van der Waals surface area (Å²) in [6.07, 6.45) is 12.0. The van der Waals surface area contributed by atoms with Gasteiger partial charge >= 0.3 is 17.8 Å². The molecular formula is C23H31N3O4. The molecule has 0 radical (unpaired) electrons.